The van der Waals surface area contributed by atoms with E-state index < -0.39 is 17.6 Å². The Balaban J connectivity index is 0.00000392. The minimum Gasteiger partial charge on any atom is -0.353 e. The summed E-state index contributed by atoms with van der Waals surface area (Å²) in [6, 6.07) is 2.53. The molecule has 0 amide bonds. The number of aryl methyl sites for hydroxylation is 1. The number of nitrogens with zero attached hydrogens (tertiary/aromatic N) is 4. The number of hydrogen-bond acceptors (Lipinski definition) is 3. The first kappa shape index (κ1) is 23.9. The second-order valence-electron chi connectivity index (χ2n) is 5.71. The smallest absolute Gasteiger partial charge is 0.353 e. The fourth-order valence-corrected chi connectivity index (χ4v) is 2.23. The second-order valence-corrected chi connectivity index (χ2v) is 5.71. The highest BCUT2D eigenvalue weighted by Gasteiger charge is 2.33. The van der Waals surface area contributed by atoms with Crippen LogP contribution in [0.3, 0.4) is 0 Å². The SMILES string of the molecule is C=CCNC(=NCc1ccc(F)cc1C(F)(F)F)NCc1nnc(C)n1C.I. The lowest BCUT2D eigenvalue weighted by molar-refractivity contribution is -0.138. The van der Waals surface area contributed by atoms with Crippen LogP contribution in [0.2, 0.25) is 0 Å². The lowest BCUT2D eigenvalue weighted by Crippen LogP contribution is -2.37. The number of benzene rings is 1. The molecule has 2 aromatic rings. The molecule has 0 aliphatic heterocycles. The molecule has 2 rings (SSSR count). The number of nitrogens with one attached hydrogen (secondary N) is 2. The summed E-state index contributed by atoms with van der Waals surface area (Å²) in [5.74, 6) is 0.688. The predicted molar refractivity (Wildman–Crippen MR) is 109 cm³/mol. The molecule has 6 nitrogen and oxygen atoms in total. The molecular formula is C17H21F4IN6. The summed E-state index contributed by atoms with van der Waals surface area (Å²) in [6.07, 6.45) is -3.08. The molecule has 0 saturated heterocycles. The Bertz CT molecular complexity index is 832. The maximum absolute atomic E-state index is 13.2. The van der Waals surface area contributed by atoms with Crippen molar-refractivity contribution in [2.45, 2.75) is 26.2 Å². The average molecular weight is 512 g/mol. The van der Waals surface area contributed by atoms with Crippen molar-refractivity contribution in [3.63, 3.8) is 0 Å². The molecule has 0 aliphatic rings. The number of guanidine groups is 1. The van der Waals surface area contributed by atoms with Gasteiger partial charge in [0.25, 0.3) is 0 Å². The number of halogens is 5. The Hall–Kier alpha value is -2.18. The van der Waals surface area contributed by atoms with Crippen LogP contribution in [-0.4, -0.2) is 27.3 Å². The third kappa shape index (κ3) is 6.46. The van der Waals surface area contributed by atoms with Crippen LogP contribution in [0.15, 0.2) is 35.8 Å². The minimum absolute atomic E-state index is 0. The van der Waals surface area contributed by atoms with Gasteiger partial charge in [-0.3, -0.25) is 0 Å². The number of aromatic nitrogens is 3. The van der Waals surface area contributed by atoms with Crippen LogP contribution in [0.4, 0.5) is 17.6 Å². The third-order valence-corrected chi connectivity index (χ3v) is 3.80. The fourth-order valence-electron chi connectivity index (χ4n) is 2.23. The van der Waals surface area contributed by atoms with Gasteiger partial charge in [-0.2, -0.15) is 13.2 Å². The maximum atomic E-state index is 13.2. The molecule has 2 N–H and O–H groups in total. The van der Waals surface area contributed by atoms with E-state index in [0.717, 1.165) is 18.0 Å². The van der Waals surface area contributed by atoms with E-state index in [1.807, 2.05) is 0 Å². The highest BCUT2D eigenvalue weighted by atomic mass is 127. The first-order valence-electron chi connectivity index (χ1n) is 8.06. The van der Waals surface area contributed by atoms with Crippen LogP contribution >= 0.6 is 24.0 Å². The van der Waals surface area contributed by atoms with Gasteiger partial charge >= 0.3 is 6.18 Å². The van der Waals surface area contributed by atoms with Crippen molar-refractivity contribution in [2.24, 2.45) is 12.0 Å². The van der Waals surface area contributed by atoms with Crippen molar-refractivity contribution in [1.29, 1.82) is 0 Å². The third-order valence-electron chi connectivity index (χ3n) is 3.80. The van der Waals surface area contributed by atoms with Crippen LogP contribution in [0.1, 0.15) is 22.8 Å². The van der Waals surface area contributed by atoms with E-state index in [4.69, 9.17) is 0 Å². The van der Waals surface area contributed by atoms with E-state index in [-0.39, 0.29) is 48.6 Å². The Labute approximate surface area is 177 Å². The molecule has 0 saturated carbocycles. The molecule has 0 fully saturated rings. The number of rotatable bonds is 6. The van der Waals surface area contributed by atoms with Gasteiger partial charge in [-0.05, 0) is 24.6 Å². The van der Waals surface area contributed by atoms with Crippen LogP contribution in [0.25, 0.3) is 0 Å². The molecular weight excluding hydrogens is 491 g/mol. The summed E-state index contributed by atoms with van der Waals surface area (Å²) < 4.78 is 54.3. The van der Waals surface area contributed by atoms with Crippen molar-refractivity contribution < 1.29 is 17.6 Å². The molecule has 0 aliphatic carbocycles. The highest BCUT2D eigenvalue weighted by molar-refractivity contribution is 14.0. The Morgan fingerprint density at radius 3 is 2.57 bits per heavy atom. The standard InChI is InChI=1S/C17H20F4N6.HI/c1-4-7-22-16(24-10-15-26-25-11(2)27(15)3)23-9-12-5-6-13(18)8-14(12)17(19,20)21;/h4-6,8H,1,7,9-10H2,2-3H3,(H2,22,23,24);1H. The molecule has 28 heavy (non-hydrogen) atoms. The van der Waals surface area contributed by atoms with Gasteiger partial charge in [0.1, 0.15) is 11.6 Å². The molecule has 0 radical (unpaired) electrons. The van der Waals surface area contributed by atoms with E-state index in [1.54, 1.807) is 24.6 Å². The summed E-state index contributed by atoms with van der Waals surface area (Å²) >= 11 is 0. The van der Waals surface area contributed by atoms with E-state index in [1.165, 1.54) is 0 Å². The lowest BCUT2D eigenvalue weighted by Gasteiger charge is -2.14. The molecule has 0 spiro atoms. The summed E-state index contributed by atoms with van der Waals surface area (Å²) in [5.41, 5.74) is -1.17. The molecule has 0 atom stereocenters. The van der Waals surface area contributed by atoms with E-state index in [9.17, 15) is 17.6 Å². The first-order valence-corrected chi connectivity index (χ1v) is 8.06. The molecule has 1 aromatic carbocycles. The molecule has 154 valence electrons. The summed E-state index contributed by atoms with van der Waals surface area (Å²) in [6.45, 7) is 5.74. The highest BCUT2D eigenvalue weighted by Crippen LogP contribution is 2.32. The van der Waals surface area contributed by atoms with Crippen molar-refractivity contribution in [2.75, 3.05) is 6.54 Å². The zero-order chi connectivity index (χ0) is 20.0. The summed E-state index contributed by atoms with van der Waals surface area (Å²) in [5, 5.41) is 13.8. The number of alkyl halides is 3. The zero-order valence-electron chi connectivity index (χ0n) is 15.3. The molecule has 0 unspecified atom stereocenters. The first-order chi connectivity index (χ1) is 12.7. The van der Waals surface area contributed by atoms with Crippen molar-refractivity contribution in [1.82, 2.24) is 25.4 Å². The van der Waals surface area contributed by atoms with E-state index >= 15 is 0 Å². The Kier molecular flexibility index (Phi) is 8.85. The Morgan fingerprint density at radius 1 is 1.29 bits per heavy atom. The monoisotopic (exact) mass is 512 g/mol. The lowest BCUT2D eigenvalue weighted by atomic mass is 10.1. The van der Waals surface area contributed by atoms with Gasteiger partial charge in [0.05, 0.1) is 18.7 Å². The number of hydrogen-bond donors (Lipinski definition) is 2. The van der Waals surface area contributed by atoms with Gasteiger partial charge in [0.2, 0.25) is 0 Å². The minimum atomic E-state index is -4.66. The quantitative estimate of drug-likeness (QED) is 0.205. The predicted octanol–water partition coefficient (Wildman–Crippen LogP) is 3.32. The van der Waals surface area contributed by atoms with Crippen LogP contribution in [0.5, 0.6) is 0 Å². The number of aliphatic imine (C=N–C) groups is 1. The summed E-state index contributed by atoms with van der Waals surface area (Å²) in [7, 11) is 1.80. The average Bonchev–Trinajstić information content (AvgIpc) is 2.93. The fraction of sp³-hybridized carbons (Fsp3) is 0.353. The van der Waals surface area contributed by atoms with Gasteiger partial charge in [0, 0.05) is 13.6 Å². The normalized spacial score (nSPS) is 11.7. The molecule has 0 bridgehead atoms. The van der Waals surface area contributed by atoms with Crippen LogP contribution < -0.4 is 10.6 Å². The largest absolute Gasteiger partial charge is 0.416 e. The zero-order valence-corrected chi connectivity index (χ0v) is 17.7. The van der Waals surface area contributed by atoms with Crippen molar-refractivity contribution in [3.8, 4) is 0 Å². The second kappa shape index (κ2) is 10.4. The van der Waals surface area contributed by atoms with Crippen molar-refractivity contribution in [3.05, 3.63) is 59.4 Å². The van der Waals surface area contributed by atoms with Gasteiger partial charge in [0.15, 0.2) is 11.8 Å². The molecule has 11 heteroatoms. The maximum Gasteiger partial charge on any atom is 0.416 e. The molecule has 1 heterocycles. The van der Waals surface area contributed by atoms with Crippen LogP contribution in [0, 0.1) is 12.7 Å². The topological polar surface area (TPSA) is 67.1 Å². The van der Waals surface area contributed by atoms with E-state index in [2.05, 4.69) is 32.4 Å². The van der Waals surface area contributed by atoms with Gasteiger partial charge < -0.3 is 15.2 Å². The van der Waals surface area contributed by atoms with Crippen molar-refractivity contribution >= 4 is 29.9 Å². The van der Waals surface area contributed by atoms with E-state index in [0.29, 0.717) is 18.4 Å². The van der Waals surface area contributed by atoms with Gasteiger partial charge in [-0.15, -0.1) is 40.8 Å². The summed E-state index contributed by atoms with van der Waals surface area (Å²) in [4.78, 5) is 4.15. The van der Waals surface area contributed by atoms with Crippen LogP contribution in [-0.2, 0) is 26.3 Å². The Morgan fingerprint density at radius 2 is 2.00 bits per heavy atom. The molecule has 1 aromatic heterocycles. The van der Waals surface area contributed by atoms with Gasteiger partial charge in [-0.1, -0.05) is 12.1 Å². The van der Waals surface area contributed by atoms with Gasteiger partial charge in [-0.25, -0.2) is 9.38 Å².